The number of halogens is 1. The number of hydrogen-bond acceptors (Lipinski definition) is 8. The zero-order chi connectivity index (χ0) is 25.2. The topological polar surface area (TPSA) is 111 Å². The standard InChI is InChI=1S/C26H34FN5O4/c1-16-12-22(34)24-23(16)25(30-15-29-24)31-6-8-32(9-7-31)26(35)19(14-28-18-4-10-36-11-5-18)17-2-3-21(33)20(27)13-17/h2-3,13,15-16,18-19,22,28,33-34H,4-12,14H2,1H3/t16-,19-,22+/m1/s1. The van der Waals surface area contributed by atoms with Gasteiger partial charge in [0.05, 0.1) is 17.7 Å². The number of anilines is 1. The fraction of sp³-hybridized carbons (Fsp3) is 0.577. The highest BCUT2D eigenvalue weighted by atomic mass is 19.1. The van der Waals surface area contributed by atoms with Gasteiger partial charge in [-0.3, -0.25) is 4.79 Å². The molecule has 2 fully saturated rings. The van der Waals surface area contributed by atoms with E-state index in [9.17, 15) is 19.4 Å². The quantitative estimate of drug-likeness (QED) is 0.554. The molecule has 9 nitrogen and oxygen atoms in total. The molecule has 3 atom stereocenters. The van der Waals surface area contributed by atoms with Crippen LogP contribution in [-0.2, 0) is 9.53 Å². The lowest BCUT2D eigenvalue weighted by atomic mass is 9.95. The second kappa shape index (κ2) is 10.7. The number of nitrogens with zero attached hydrogens (tertiary/aromatic N) is 4. The number of fused-ring (bicyclic) bond motifs is 1. The zero-order valence-corrected chi connectivity index (χ0v) is 20.6. The summed E-state index contributed by atoms with van der Waals surface area (Å²) in [5.74, 6) is -0.753. The second-order valence-electron chi connectivity index (χ2n) is 10.0. The Morgan fingerprint density at radius 1 is 1.22 bits per heavy atom. The van der Waals surface area contributed by atoms with E-state index in [0.29, 0.717) is 63.6 Å². The minimum absolute atomic E-state index is 0.0593. The monoisotopic (exact) mass is 499 g/mol. The number of benzene rings is 1. The number of aliphatic hydroxyl groups is 1. The first-order chi connectivity index (χ1) is 17.4. The van der Waals surface area contributed by atoms with Crippen molar-refractivity contribution in [1.82, 2.24) is 20.2 Å². The molecule has 10 heteroatoms. The lowest BCUT2D eigenvalue weighted by Gasteiger charge is -2.38. The first kappa shape index (κ1) is 24.9. The molecule has 36 heavy (non-hydrogen) atoms. The lowest BCUT2D eigenvalue weighted by molar-refractivity contribution is -0.133. The molecule has 2 saturated heterocycles. The van der Waals surface area contributed by atoms with Crippen molar-refractivity contribution in [3.05, 3.63) is 47.2 Å². The summed E-state index contributed by atoms with van der Waals surface area (Å²) < 4.78 is 19.6. The molecular formula is C26H34FN5O4. The van der Waals surface area contributed by atoms with Crippen molar-refractivity contribution >= 4 is 11.7 Å². The van der Waals surface area contributed by atoms with Gasteiger partial charge in [0.15, 0.2) is 11.6 Å². The largest absolute Gasteiger partial charge is 0.505 e. The van der Waals surface area contributed by atoms with Crippen molar-refractivity contribution in [3.8, 4) is 5.75 Å². The van der Waals surface area contributed by atoms with Crippen LogP contribution in [0.25, 0.3) is 0 Å². The maximum Gasteiger partial charge on any atom is 0.231 e. The summed E-state index contributed by atoms with van der Waals surface area (Å²) in [6.07, 6.45) is 3.34. The normalized spacial score (nSPS) is 23.5. The molecule has 0 saturated carbocycles. The van der Waals surface area contributed by atoms with Gasteiger partial charge in [-0.25, -0.2) is 14.4 Å². The van der Waals surface area contributed by atoms with Crippen LogP contribution in [0.3, 0.4) is 0 Å². The predicted octanol–water partition coefficient (Wildman–Crippen LogP) is 2.06. The van der Waals surface area contributed by atoms with E-state index < -0.39 is 23.6 Å². The van der Waals surface area contributed by atoms with Crippen LogP contribution < -0.4 is 10.2 Å². The van der Waals surface area contributed by atoms with Crippen LogP contribution in [0.5, 0.6) is 5.75 Å². The van der Waals surface area contributed by atoms with E-state index in [0.717, 1.165) is 24.2 Å². The molecule has 0 spiro atoms. The van der Waals surface area contributed by atoms with E-state index in [-0.39, 0.29) is 17.9 Å². The number of phenols is 1. The third-order valence-corrected chi connectivity index (χ3v) is 7.67. The number of piperazine rings is 1. The highest BCUT2D eigenvalue weighted by molar-refractivity contribution is 5.84. The number of rotatable bonds is 6. The van der Waals surface area contributed by atoms with Gasteiger partial charge < -0.3 is 30.1 Å². The molecule has 3 aliphatic rings. The Labute approximate surface area is 210 Å². The average Bonchev–Trinajstić information content (AvgIpc) is 3.20. The summed E-state index contributed by atoms with van der Waals surface area (Å²) in [7, 11) is 0. The Bertz CT molecular complexity index is 1090. The molecule has 0 unspecified atom stereocenters. The fourth-order valence-electron chi connectivity index (χ4n) is 5.59. The van der Waals surface area contributed by atoms with Crippen LogP contribution in [0.4, 0.5) is 10.2 Å². The number of carbonyl (C=O) groups is 1. The van der Waals surface area contributed by atoms with Crippen LogP contribution in [0.15, 0.2) is 24.5 Å². The fourth-order valence-corrected chi connectivity index (χ4v) is 5.59. The van der Waals surface area contributed by atoms with Crippen LogP contribution in [0, 0.1) is 5.82 Å². The van der Waals surface area contributed by atoms with Crippen LogP contribution >= 0.6 is 0 Å². The van der Waals surface area contributed by atoms with Crippen LogP contribution in [-0.4, -0.2) is 83.0 Å². The van der Waals surface area contributed by atoms with Gasteiger partial charge in [-0.05, 0) is 42.9 Å². The lowest BCUT2D eigenvalue weighted by Crippen LogP contribution is -2.52. The first-order valence-electron chi connectivity index (χ1n) is 12.8. The molecule has 5 rings (SSSR count). The zero-order valence-electron chi connectivity index (χ0n) is 20.6. The minimum Gasteiger partial charge on any atom is -0.505 e. The van der Waals surface area contributed by atoms with Gasteiger partial charge in [-0.15, -0.1) is 0 Å². The molecule has 1 aliphatic carbocycles. The number of aromatic hydroxyl groups is 1. The molecule has 3 N–H and O–H groups in total. The molecule has 194 valence electrons. The van der Waals surface area contributed by atoms with Crippen molar-refractivity contribution in [1.29, 1.82) is 0 Å². The molecule has 1 aromatic heterocycles. The highest BCUT2D eigenvalue weighted by Gasteiger charge is 2.35. The molecular weight excluding hydrogens is 465 g/mol. The molecule has 1 aromatic carbocycles. The SMILES string of the molecule is C[C@@H]1C[C@H](O)c2ncnc(N3CCN(C(=O)[C@H](CNC4CCOCC4)c4ccc(O)c(F)c4)CC3)c21. The van der Waals surface area contributed by atoms with Crippen LogP contribution in [0.1, 0.15) is 60.9 Å². The van der Waals surface area contributed by atoms with E-state index in [2.05, 4.69) is 27.1 Å². The third-order valence-electron chi connectivity index (χ3n) is 7.67. The summed E-state index contributed by atoms with van der Waals surface area (Å²) in [4.78, 5) is 26.5. The molecule has 1 amide bonds. The number of nitrogens with one attached hydrogen (secondary N) is 1. The molecule has 3 heterocycles. The third kappa shape index (κ3) is 5.02. The van der Waals surface area contributed by atoms with E-state index >= 15 is 0 Å². The Hall–Kier alpha value is -2.82. The van der Waals surface area contributed by atoms with Gasteiger partial charge in [0.2, 0.25) is 5.91 Å². The van der Waals surface area contributed by atoms with Gasteiger partial charge in [0.1, 0.15) is 12.1 Å². The van der Waals surface area contributed by atoms with E-state index in [1.165, 1.54) is 18.5 Å². The minimum atomic E-state index is -0.727. The smallest absolute Gasteiger partial charge is 0.231 e. The molecule has 2 aliphatic heterocycles. The van der Waals surface area contributed by atoms with Gasteiger partial charge >= 0.3 is 0 Å². The predicted molar refractivity (Wildman–Crippen MR) is 131 cm³/mol. The highest BCUT2D eigenvalue weighted by Crippen LogP contribution is 2.42. The average molecular weight is 500 g/mol. The van der Waals surface area contributed by atoms with Gasteiger partial charge in [-0.2, -0.15) is 0 Å². The van der Waals surface area contributed by atoms with Crippen molar-refractivity contribution < 1.29 is 24.1 Å². The molecule has 2 aromatic rings. The van der Waals surface area contributed by atoms with Crippen LogP contribution in [0.2, 0.25) is 0 Å². The Kier molecular flexibility index (Phi) is 7.36. The van der Waals surface area contributed by atoms with Crippen molar-refractivity contribution in [2.24, 2.45) is 0 Å². The maximum absolute atomic E-state index is 14.2. The van der Waals surface area contributed by atoms with E-state index in [1.54, 1.807) is 6.07 Å². The summed E-state index contributed by atoms with van der Waals surface area (Å²) in [6.45, 7) is 6.11. The second-order valence-corrected chi connectivity index (χ2v) is 10.0. The van der Waals surface area contributed by atoms with Gasteiger partial charge in [-0.1, -0.05) is 13.0 Å². The number of phenolic OH excluding ortho intramolecular Hbond substituents is 1. The van der Waals surface area contributed by atoms with Crippen molar-refractivity contribution in [2.45, 2.75) is 50.2 Å². The number of ether oxygens (including phenoxy) is 1. The van der Waals surface area contributed by atoms with Crippen molar-refractivity contribution in [2.75, 3.05) is 50.8 Å². The van der Waals surface area contributed by atoms with E-state index in [1.807, 2.05) is 4.90 Å². The van der Waals surface area contributed by atoms with E-state index in [4.69, 9.17) is 4.74 Å². The van der Waals surface area contributed by atoms with Crippen molar-refractivity contribution in [3.63, 3.8) is 0 Å². The Morgan fingerprint density at radius 2 is 1.97 bits per heavy atom. The number of hydrogen-bond donors (Lipinski definition) is 3. The first-order valence-corrected chi connectivity index (χ1v) is 12.8. The summed E-state index contributed by atoms with van der Waals surface area (Å²) in [5, 5.41) is 23.5. The number of amides is 1. The summed E-state index contributed by atoms with van der Waals surface area (Å²) in [5.41, 5.74) is 2.26. The number of aliphatic hydroxyl groups excluding tert-OH is 1. The van der Waals surface area contributed by atoms with Gasteiger partial charge in [0, 0.05) is 57.5 Å². The Balaban J connectivity index is 1.29. The van der Waals surface area contributed by atoms with Gasteiger partial charge in [0.25, 0.3) is 0 Å². The Morgan fingerprint density at radius 3 is 2.69 bits per heavy atom. The number of carbonyl (C=O) groups excluding carboxylic acids is 1. The molecule has 0 bridgehead atoms. The molecule has 0 radical (unpaired) electrons. The summed E-state index contributed by atoms with van der Waals surface area (Å²) in [6, 6.07) is 4.45. The number of aromatic nitrogens is 2. The maximum atomic E-state index is 14.2. The summed E-state index contributed by atoms with van der Waals surface area (Å²) >= 11 is 0.